The van der Waals surface area contributed by atoms with Crippen molar-refractivity contribution in [2.45, 2.75) is 10.6 Å². The minimum atomic E-state index is 0.437. The summed E-state index contributed by atoms with van der Waals surface area (Å²) in [6.07, 6.45) is 0. The Morgan fingerprint density at radius 3 is 1.37 bits per heavy atom. The van der Waals surface area contributed by atoms with Crippen LogP contribution >= 0.6 is 0 Å². The Balaban J connectivity index is 1.61. The second-order valence-electron chi connectivity index (χ2n) is 11.4. The molecule has 1 aliphatic rings. The Kier molecular flexibility index (Phi) is 6.58. The van der Waals surface area contributed by atoms with Gasteiger partial charge in [0.1, 0.15) is 0 Å². The van der Waals surface area contributed by atoms with Crippen molar-refractivity contribution in [1.82, 2.24) is 0 Å². The van der Waals surface area contributed by atoms with Gasteiger partial charge in [0.15, 0.2) is 0 Å². The summed E-state index contributed by atoms with van der Waals surface area (Å²) in [4.78, 5) is 4.40. The Morgan fingerprint density at radius 1 is 0.488 bits per heavy atom. The molecule has 41 heavy (non-hydrogen) atoms. The van der Waals surface area contributed by atoms with E-state index in [9.17, 15) is 0 Å². The molecule has 0 amide bonds. The standard InChI is InChI=1S/C38H34N2Se/c1-39(2)29-15-9-13-25(19-29)33-21-27-11-5-7-17-31(27)37-35(33)23-41-24-36-34(26-14-10-16-30(20-26)40(3)4)22-28-12-6-8-18-32(28)38(36)37/h5-22H,23-24H2,1-4H3. The quantitative estimate of drug-likeness (QED) is 0.187. The molecule has 0 unspecified atom stereocenters. The molecule has 0 atom stereocenters. The van der Waals surface area contributed by atoms with Crippen molar-refractivity contribution in [2.24, 2.45) is 0 Å². The number of anilines is 2. The molecular weight excluding hydrogens is 563 g/mol. The molecule has 0 saturated heterocycles. The van der Waals surface area contributed by atoms with Crippen LogP contribution in [0.15, 0.2) is 109 Å². The van der Waals surface area contributed by atoms with E-state index in [0.29, 0.717) is 15.0 Å². The van der Waals surface area contributed by atoms with Gasteiger partial charge in [0, 0.05) is 0 Å². The van der Waals surface area contributed by atoms with Crippen molar-refractivity contribution >= 4 is 47.9 Å². The van der Waals surface area contributed by atoms with Gasteiger partial charge in [0.2, 0.25) is 0 Å². The number of hydrogen-bond acceptors (Lipinski definition) is 2. The van der Waals surface area contributed by atoms with Crippen LogP contribution in [0, 0.1) is 0 Å². The maximum absolute atomic E-state index is 2.44. The fraction of sp³-hybridized carbons (Fsp3) is 0.158. The van der Waals surface area contributed by atoms with Gasteiger partial charge >= 0.3 is 250 Å². The van der Waals surface area contributed by atoms with Crippen LogP contribution in [-0.4, -0.2) is 43.1 Å². The SMILES string of the molecule is CN(C)c1cccc(-c2cc3ccccc3c3c2C[Se]Cc2c(-c4cccc(N(C)C)c4)cc4ccccc4c2-3)c1. The molecule has 1 aliphatic heterocycles. The second kappa shape index (κ2) is 10.4. The number of rotatable bonds is 4. The van der Waals surface area contributed by atoms with Gasteiger partial charge in [-0.25, -0.2) is 0 Å². The van der Waals surface area contributed by atoms with Gasteiger partial charge in [0.25, 0.3) is 0 Å². The van der Waals surface area contributed by atoms with Crippen LogP contribution in [0.5, 0.6) is 0 Å². The number of fused-ring (bicyclic) bond motifs is 7. The summed E-state index contributed by atoms with van der Waals surface area (Å²) in [6, 6.07) is 41.0. The predicted molar refractivity (Wildman–Crippen MR) is 180 cm³/mol. The van der Waals surface area contributed by atoms with Crippen LogP contribution < -0.4 is 9.80 Å². The molecule has 0 aromatic heterocycles. The van der Waals surface area contributed by atoms with E-state index >= 15 is 0 Å². The third-order valence-electron chi connectivity index (χ3n) is 8.40. The van der Waals surface area contributed by atoms with Crippen LogP contribution in [-0.2, 0) is 10.6 Å². The topological polar surface area (TPSA) is 6.48 Å². The van der Waals surface area contributed by atoms with E-state index in [-0.39, 0.29) is 0 Å². The Morgan fingerprint density at radius 2 is 0.927 bits per heavy atom. The van der Waals surface area contributed by atoms with Gasteiger partial charge in [-0.15, -0.1) is 0 Å². The minimum absolute atomic E-state index is 0.437. The summed E-state index contributed by atoms with van der Waals surface area (Å²) < 4.78 is 0. The molecule has 7 rings (SSSR count). The molecule has 0 radical (unpaired) electrons. The number of hydrogen-bond donors (Lipinski definition) is 0. The van der Waals surface area contributed by atoms with Crippen molar-refractivity contribution in [3.8, 4) is 33.4 Å². The molecule has 3 heteroatoms. The third-order valence-corrected chi connectivity index (χ3v) is 10.5. The van der Waals surface area contributed by atoms with E-state index in [1.165, 1.54) is 77.4 Å². The molecule has 0 N–H and O–H groups in total. The van der Waals surface area contributed by atoms with Crippen LogP contribution in [0.3, 0.4) is 0 Å². The average molecular weight is 598 g/mol. The molecule has 202 valence electrons. The van der Waals surface area contributed by atoms with E-state index in [1.807, 2.05) is 0 Å². The molecule has 0 spiro atoms. The molecule has 6 aromatic carbocycles. The van der Waals surface area contributed by atoms with Gasteiger partial charge in [-0.2, -0.15) is 0 Å². The molecule has 0 aliphatic carbocycles. The normalized spacial score (nSPS) is 12.6. The van der Waals surface area contributed by atoms with Gasteiger partial charge in [-0.1, -0.05) is 0 Å². The summed E-state index contributed by atoms with van der Waals surface area (Å²) >= 11 is 0.437. The molecule has 0 fully saturated rings. The third kappa shape index (κ3) is 4.50. The zero-order chi connectivity index (χ0) is 28.1. The van der Waals surface area contributed by atoms with Gasteiger partial charge in [-0.3, -0.25) is 0 Å². The van der Waals surface area contributed by atoms with E-state index < -0.39 is 0 Å². The van der Waals surface area contributed by atoms with Gasteiger partial charge in [0.05, 0.1) is 0 Å². The number of nitrogens with zero attached hydrogens (tertiary/aromatic N) is 2. The van der Waals surface area contributed by atoms with Gasteiger partial charge in [-0.05, 0) is 0 Å². The zero-order valence-electron chi connectivity index (χ0n) is 24.1. The summed E-state index contributed by atoms with van der Waals surface area (Å²) in [5.41, 5.74) is 13.7. The fourth-order valence-corrected chi connectivity index (χ4v) is 8.65. The summed E-state index contributed by atoms with van der Waals surface area (Å²) in [6.45, 7) is 0. The van der Waals surface area contributed by atoms with Crippen LogP contribution in [0.4, 0.5) is 11.4 Å². The second-order valence-corrected chi connectivity index (χ2v) is 13.4. The maximum atomic E-state index is 2.44. The summed E-state index contributed by atoms with van der Waals surface area (Å²) in [7, 11) is 8.49. The van der Waals surface area contributed by atoms with E-state index in [4.69, 9.17) is 0 Å². The van der Waals surface area contributed by atoms with Crippen LogP contribution in [0.25, 0.3) is 54.9 Å². The van der Waals surface area contributed by atoms with E-state index in [0.717, 1.165) is 10.6 Å². The van der Waals surface area contributed by atoms with Crippen LogP contribution in [0.2, 0.25) is 0 Å². The van der Waals surface area contributed by atoms with E-state index in [2.05, 4.69) is 147 Å². The monoisotopic (exact) mass is 598 g/mol. The first-order valence-corrected chi connectivity index (χ1v) is 16.6. The molecule has 1 heterocycles. The Hall–Kier alpha value is -4.04. The van der Waals surface area contributed by atoms with Crippen molar-refractivity contribution in [3.05, 3.63) is 120 Å². The Labute approximate surface area is 249 Å². The van der Waals surface area contributed by atoms with Crippen molar-refractivity contribution < 1.29 is 0 Å². The van der Waals surface area contributed by atoms with Crippen molar-refractivity contribution in [3.63, 3.8) is 0 Å². The van der Waals surface area contributed by atoms with Crippen molar-refractivity contribution in [1.29, 1.82) is 0 Å². The molecule has 0 saturated carbocycles. The van der Waals surface area contributed by atoms with E-state index in [1.54, 1.807) is 0 Å². The first-order valence-electron chi connectivity index (χ1n) is 14.2. The summed E-state index contributed by atoms with van der Waals surface area (Å²) in [5, 5.41) is 7.57. The fourth-order valence-electron chi connectivity index (χ4n) is 6.33. The first-order chi connectivity index (χ1) is 20.0. The number of benzene rings is 6. The van der Waals surface area contributed by atoms with Crippen LogP contribution in [0.1, 0.15) is 11.1 Å². The van der Waals surface area contributed by atoms with Gasteiger partial charge < -0.3 is 0 Å². The Bertz CT molecular complexity index is 1790. The average Bonchev–Trinajstić information content (AvgIpc) is 3.21. The molecular formula is C38H34N2Se. The molecule has 0 bridgehead atoms. The summed E-state index contributed by atoms with van der Waals surface area (Å²) in [5.74, 6) is 0. The van der Waals surface area contributed by atoms with Crippen molar-refractivity contribution in [2.75, 3.05) is 38.0 Å². The zero-order valence-corrected chi connectivity index (χ0v) is 25.8. The molecule has 2 nitrogen and oxygen atoms in total. The molecule has 6 aromatic rings. The predicted octanol–water partition coefficient (Wildman–Crippen LogP) is 8.84. The first kappa shape index (κ1) is 25.9.